The van der Waals surface area contributed by atoms with Gasteiger partial charge in [-0.05, 0) is 70.2 Å². The molecule has 11 heteroatoms. The predicted octanol–water partition coefficient (Wildman–Crippen LogP) is 3.31. The van der Waals surface area contributed by atoms with Crippen LogP contribution in [0.1, 0.15) is 44.5 Å². The number of rotatable bonds is 15. The fourth-order valence-electron chi connectivity index (χ4n) is 4.55. The molecule has 0 spiro atoms. The lowest BCUT2D eigenvalue weighted by molar-refractivity contribution is 0.0671. The van der Waals surface area contributed by atoms with E-state index in [1.54, 1.807) is 61.6 Å². The van der Waals surface area contributed by atoms with Gasteiger partial charge in [0.2, 0.25) is 10.0 Å². The van der Waals surface area contributed by atoms with E-state index in [0.29, 0.717) is 62.1 Å². The Morgan fingerprint density at radius 1 is 1.02 bits per heavy atom. The van der Waals surface area contributed by atoms with E-state index >= 15 is 0 Å². The molecule has 0 unspecified atom stereocenters. The topological polar surface area (TPSA) is 115 Å². The summed E-state index contributed by atoms with van der Waals surface area (Å²) in [6.45, 7) is 10.2. The number of ether oxygens (including phenoxy) is 4. The van der Waals surface area contributed by atoms with Gasteiger partial charge in [-0.3, -0.25) is 4.79 Å². The van der Waals surface area contributed by atoms with E-state index in [-0.39, 0.29) is 34.9 Å². The highest BCUT2D eigenvalue weighted by Crippen LogP contribution is 2.29. The fourth-order valence-corrected chi connectivity index (χ4v) is 5.86. The normalized spacial score (nSPS) is 17.3. The number of carbonyl (C=O) groups excluding carboxylic acids is 1. The van der Waals surface area contributed by atoms with Gasteiger partial charge in [0.05, 0.1) is 24.7 Å². The van der Waals surface area contributed by atoms with Crippen LogP contribution in [0.2, 0.25) is 0 Å². The van der Waals surface area contributed by atoms with Gasteiger partial charge in [0.25, 0.3) is 5.91 Å². The van der Waals surface area contributed by atoms with E-state index in [1.807, 2.05) is 27.7 Å². The van der Waals surface area contributed by atoms with Gasteiger partial charge in [-0.25, -0.2) is 13.1 Å². The summed E-state index contributed by atoms with van der Waals surface area (Å²) in [5.74, 6) is 1.37. The van der Waals surface area contributed by atoms with Crippen LogP contribution in [0.4, 0.5) is 0 Å². The van der Waals surface area contributed by atoms with Gasteiger partial charge in [0.15, 0.2) is 11.5 Å². The second kappa shape index (κ2) is 14.7. The van der Waals surface area contributed by atoms with E-state index < -0.39 is 10.0 Å². The molecule has 10 nitrogen and oxygen atoms in total. The van der Waals surface area contributed by atoms with Crippen molar-refractivity contribution < 1.29 is 32.2 Å². The Hall–Kier alpha value is -2.86. The largest absolute Gasteiger partial charge is 0.493 e. The quantitative estimate of drug-likeness (QED) is 0.310. The molecule has 0 aliphatic carbocycles. The molecule has 0 bridgehead atoms. The molecule has 0 aromatic heterocycles. The number of sulfonamides is 1. The number of nitrogens with one attached hydrogen (secondary N) is 2. The summed E-state index contributed by atoms with van der Waals surface area (Å²) in [6.07, 6.45) is 0.702. The molecule has 222 valence electrons. The number of methoxy groups -OCH3 is 2. The van der Waals surface area contributed by atoms with Gasteiger partial charge < -0.3 is 29.2 Å². The van der Waals surface area contributed by atoms with Gasteiger partial charge in [-0.1, -0.05) is 0 Å². The SMILES string of the molecule is COCCCOc1cc(C(=O)N(C[C@@H]2CNC[C@H]2NS(=O)(=O)c2ccc(OC(C)C)cc2)C(C)C)ccc1OC. The van der Waals surface area contributed by atoms with Crippen molar-refractivity contribution in [3.63, 3.8) is 0 Å². The zero-order valence-electron chi connectivity index (χ0n) is 24.3. The monoisotopic (exact) mass is 577 g/mol. The molecular formula is C29H43N3O7S. The third kappa shape index (κ3) is 8.57. The second-order valence-electron chi connectivity index (χ2n) is 10.4. The molecular weight excluding hydrogens is 534 g/mol. The van der Waals surface area contributed by atoms with E-state index in [1.165, 1.54) is 0 Å². The van der Waals surface area contributed by atoms with E-state index in [9.17, 15) is 13.2 Å². The van der Waals surface area contributed by atoms with Crippen LogP contribution in [0.25, 0.3) is 0 Å². The minimum Gasteiger partial charge on any atom is -0.493 e. The summed E-state index contributed by atoms with van der Waals surface area (Å²) in [5.41, 5.74) is 0.475. The Bertz CT molecular complexity index is 1200. The number of nitrogens with zero attached hydrogens (tertiary/aromatic N) is 1. The zero-order chi connectivity index (χ0) is 29.3. The van der Waals surface area contributed by atoms with Crippen molar-refractivity contribution in [2.24, 2.45) is 5.92 Å². The fraction of sp³-hybridized carbons (Fsp3) is 0.552. The molecule has 0 saturated carbocycles. The smallest absolute Gasteiger partial charge is 0.254 e. The molecule has 0 radical (unpaired) electrons. The first-order chi connectivity index (χ1) is 19.1. The lowest BCUT2D eigenvalue weighted by atomic mass is 10.0. The Kier molecular flexibility index (Phi) is 11.6. The van der Waals surface area contributed by atoms with Crippen molar-refractivity contribution in [1.29, 1.82) is 0 Å². The van der Waals surface area contributed by atoms with Crippen LogP contribution in [0.3, 0.4) is 0 Å². The highest BCUT2D eigenvalue weighted by molar-refractivity contribution is 7.89. The van der Waals surface area contributed by atoms with Crippen molar-refractivity contribution in [3.05, 3.63) is 48.0 Å². The lowest BCUT2D eigenvalue weighted by Gasteiger charge is -2.32. The van der Waals surface area contributed by atoms with Crippen molar-refractivity contribution in [3.8, 4) is 17.2 Å². The van der Waals surface area contributed by atoms with E-state index in [4.69, 9.17) is 18.9 Å². The molecule has 1 aliphatic heterocycles. The molecule has 3 rings (SSSR count). The molecule has 1 heterocycles. The number of benzene rings is 2. The molecule has 2 aromatic rings. The van der Waals surface area contributed by atoms with Crippen LogP contribution < -0.4 is 24.2 Å². The standard InChI is InChI=1S/C29H43N3O7S/c1-20(2)32(29(33)22-8-13-27(37-6)28(16-22)38-15-7-14-36-5)19-23-17-30-18-26(23)31-40(34,35)25-11-9-24(10-12-25)39-21(3)4/h8-13,16,20-21,23,26,30-31H,7,14-15,17-19H2,1-6H3/t23-,26+/m0/s1. The summed E-state index contributed by atoms with van der Waals surface area (Å²) in [7, 11) is -0.573. The molecule has 2 N–H and O–H groups in total. The highest BCUT2D eigenvalue weighted by atomic mass is 32.2. The second-order valence-corrected chi connectivity index (χ2v) is 12.1. The Morgan fingerprint density at radius 2 is 1.75 bits per heavy atom. The molecule has 1 saturated heterocycles. The minimum atomic E-state index is -3.77. The maximum Gasteiger partial charge on any atom is 0.254 e. The van der Waals surface area contributed by atoms with Gasteiger partial charge in [0, 0.05) is 63.3 Å². The maximum absolute atomic E-state index is 13.7. The molecule has 2 aromatic carbocycles. The predicted molar refractivity (Wildman–Crippen MR) is 154 cm³/mol. The van der Waals surface area contributed by atoms with Crippen molar-refractivity contribution >= 4 is 15.9 Å². The highest BCUT2D eigenvalue weighted by Gasteiger charge is 2.34. The van der Waals surface area contributed by atoms with Crippen LogP contribution in [0.15, 0.2) is 47.4 Å². The van der Waals surface area contributed by atoms with Crippen molar-refractivity contribution in [2.45, 2.75) is 57.2 Å². The summed E-state index contributed by atoms with van der Waals surface area (Å²) in [4.78, 5) is 15.6. The van der Waals surface area contributed by atoms with Crippen LogP contribution in [0.5, 0.6) is 17.2 Å². The van der Waals surface area contributed by atoms with E-state index in [2.05, 4.69) is 10.0 Å². The van der Waals surface area contributed by atoms with E-state index in [0.717, 1.165) is 0 Å². The average molecular weight is 578 g/mol. The van der Waals surface area contributed by atoms with Crippen LogP contribution >= 0.6 is 0 Å². The summed E-state index contributed by atoms with van der Waals surface area (Å²) < 4.78 is 51.2. The van der Waals surface area contributed by atoms with Crippen LogP contribution in [-0.2, 0) is 14.8 Å². The van der Waals surface area contributed by atoms with Gasteiger partial charge in [-0.2, -0.15) is 0 Å². The third-order valence-corrected chi connectivity index (χ3v) is 8.13. The Morgan fingerprint density at radius 3 is 2.38 bits per heavy atom. The van der Waals surface area contributed by atoms with Crippen molar-refractivity contribution in [1.82, 2.24) is 14.9 Å². The summed E-state index contributed by atoms with van der Waals surface area (Å²) in [6, 6.07) is 11.1. The Balaban J connectivity index is 1.72. The first kappa shape index (κ1) is 31.7. The number of hydrogen-bond donors (Lipinski definition) is 2. The lowest BCUT2D eigenvalue weighted by Crippen LogP contribution is -2.47. The van der Waals surface area contributed by atoms with Gasteiger partial charge in [-0.15, -0.1) is 0 Å². The first-order valence-corrected chi connectivity index (χ1v) is 15.1. The minimum absolute atomic E-state index is 0.00422. The van der Waals surface area contributed by atoms with Gasteiger partial charge >= 0.3 is 0 Å². The summed E-state index contributed by atoms with van der Waals surface area (Å²) in [5, 5.41) is 3.28. The van der Waals surface area contributed by atoms with Gasteiger partial charge in [0.1, 0.15) is 5.75 Å². The molecule has 1 aliphatic rings. The third-order valence-electron chi connectivity index (χ3n) is 6.63. The zero-order valence-corrected chi connectivity index (χ0v) is 25.1. The number of hydrogen-bond acceptors (Lipinski definition) is 8. The average Bonchev–Trinajstić information content (AvgIpc) is 3.34. The first-order valence-electron chi connectivity index (χ1n) is 13.7. The maximum atomic E-state index is 13.7. The van der Waals surface area contributed by atoms with Crippen molar-refractivity contribution in [2.75, 3.05) is 47.1 Å². The molecule has 40 heavy (non-hydrogen) atoms. The molecule has 1 fully saturated rings. The molecule has 1 amide bonds. The summed E-state index contributed by atoms with van der Waals surface area (Å²) >= 11 is 0. The number of amides is 1. The Labute approximate surface area is 238 Å². The van der Waals surface area contributed by atoms with Crippen LogP contribution in [-0.4, -0.2) is 84.5 Å². The van der Waals surface area contributed by atoms with Crippen LogP contribution in [0, 0.1) is 5.92 Å². The number of carbonyl (C=O) groups is 1. The molecule has 2 atom stereocenters.